The van der Waals surface area contributed by atoms with Crippen LogP contribution in [0.25, 0.3) is 0 Å². The Kier molecular flexibility index (Phi) is 5.84. The number of thiocarbonyl (C=S) groups is 1. The molecule has 0 spiro atoms. The highest BCUT2D eigenvalue weighted by Crippen LogP contribution is 2.31. The van der Waals surface area contributed by atoms with E-state index in [2.05, 4.69) is 62.6 Å². The summed E-state index contributed by atoms with van der Waals surface area (Å²) in [6, 6.07) is 16.5. The van der Waals surface area contributed by atoms with Crippen LogP contribution in [0.4, 0.5) is 5.69 Å². The van der Waals surface area contributed by atoms with Crippen molar-refractivity contribution in [2.75, 3.05) is 12.4 Å². The first-order valence-electron chi connectivity index (χ1n) is 8.12. The minimum atomic E-state index is 0.0646. The molecule has 2 N–H and O–H groups in total. The number of rotatable bonds is 4. The molecule has 2 aromatic carbocycles. The molecule has 128 valence electrons. The monoisotopic (exact) mass is 342 g/mol. The first kappa shape index (κ1) is 18.3. The van der Waals surface area contributed by atoms with E-state index in [1.807, 2.05) is 24.3 Å². The summed E-state index contributed by atoms with van der Waals surface area (Å²) in [5, 5.41) is 7.17. The second-order valence-electron chi connectivity index (χ2n) is 6.90. The van der Waals surface area contributed by atoms with E-state index in [0.29, 0.717) is 5.11 Å². The van der Waals surface area contributed by atoms with Crippen LogP contribution in [-0.4, -0.2) is 12.2 Å². The highest BCUT2D eigenvalue weighted by molar-refractivity contribution is 7.80. The third kappa shape index (κ3) is 4.71. The van der Waals surface area contributed by atoms with Crippen LogP contribution < -0.4 is 15.4 Å². The lowest BCUT2D eigenvalue weighted by Crippen LogP contribution is -2.31. The van der Waals surface area contributed by atoms with E-state index < -0.39 is 0 Å². The van der Waals surface area contributed by atoms with E-state index in [1.165, 1.54) is 11.1 Å². The van der Waals surface area contributed by atoms with Gasteiger partial charge < -0.3 is 15.4 Å². The Labute approximate surface area is 150 Å². The summed E-state index contributed by atoms with van der Waals surface area (Å²) in [6.45, 7) is 8.65. The molecule has 0 aliphatic carbocycles. The van der Waals surface area contributed by atoms with Gasteiger partial charge in [-0.05, 0) is 47.8 Å². The van der Waals surface area contributed by atoms with Crippen molar-refractivity contribution in [2.45, 2.75) is 39.2 Å². The van der Waals surface area contributed by atoms with Gasteiger partial charge in [0.05, 0.1) is 18.8 Å². The lowest BCUT2D eigenvalue weighted by Gasteiger charge is -2.22. The maximum absolute atomic E-state index is 5.48. The van der Waals surface area contributed by atoms with E-state index in [9.17, 15) is 0 Å². The highest BCUT2D eigenvalue weighted by Gasteiger charge is 2.16. The third-order valence-corrected chi connectivity index (χ3v) is 4.18. The predicted molar refractivity (Wildman–Crippen MR) is 106 cm³/mol. The van der Waals surface area contributed by atoms with Crippen LogP contribution in [0, 0.1) is 0 Å². The zero-order valence-electron chi connectivity index (χ0n) is 15.0. The molecule has 0 aliphatic rings. The molecule has 0 heterocycles. The van der Waals surface area contributed by atoms with Crippen molar-refractivity contribution in [3.8, 4) is 5.75 Å². The molecule has 1 atom stereocenters. The number of hydrogen-bond donors (Lipinski definition) is 2. The predicted octanol–water partition coefficient (Wildman–Crippen LogP) is 5.04. The van der Waals surface area contributed by atoms with Crippen LogP contribution in [0.5, 0.6) is 5.75 Å². The molecule has 0 saturated heterocycles. The van der Waals surface area contributed by atoms with Crippen molar-refractivity contribution < 1.29 is 4.74 Å². The maximum atomic E-state index is 5.48. The molecule has 0 aromatic heterocycles. The standard InChI is InChI=1S/C20H26N2OS/c1-14(15-9-7-6-8-10-15)21-19(24)22-17-13-16(20(2,3)4)11-12-18(17)23-5/h6-14H,1-5H3,(H2,21,22,24)/t14-/m0/s1. The Morgan fingerprint density at radius 2 is 1.75 bits per heavy atom. The largest absolute Gasteiger partial charge is 0.495 e. The Morgan fingerprint density at radius 1 is 1.08 bits per heavy atom. The topological polar surface area (TPSA) is 33.3 Å². The number of methoxy groups -OCH3 is 1. The zero-order chi connectivity index (χ0) is 17.7. The van der Waals surface area contributed by atoms with Crippen molar-refractivity contribution in [3.63, 3.8) is 0 Å². The van der Waals surface area contributed by atoms with E-state index in [0.717, 1.165) is 11.4 Å². The molecule has 4 heteroatoms. The Morgan fingerprint density at radius 3 is 2.33 bits per heavy atom. The van der Waals surface area contributed by atoms with Crippen LogP contribution in [0.1, 0.15) is 44.9 Å². The van der Waals surface area contributed by atoms with Gasteiger partial charge in [0.25, 0.3) is 0 Å². The Hall–Kier alpha value is -2.07. The fraction of sp³-hybridized carbons (Fsp3) is 0.350. The third-order valence-electron chi connectivity index (χ3n) is 3.96. The number of anilines is 1. The van der Waals surface area contributed by atoms with E-state index in [4.69, 9.17) is 17.0 Å². The van der Waals surface area contributed by atoms with Gasteiger partial charge in [-0.15, -0.1) is 0 Å². The fourth-order valence-electron chi connectivity index (χ4n) is 2.45. The summed E-state index contributed by atoms with van der Waals surface area (Å²) in [7, 11) is 1.67. The number of nitrogens with one attached hydrogen (secondary N) is 2. The van der Waals surface area contributed by atoms with Gasteiger partial charge in [-0.1, -0.05) is 57.2 Å². The number of hydrogen-bond acceptors (Lipinski definition) is 2. The smallest absolute Gasteiger partial charge is 0.171 e. The van der Waals surface area contributed by atoms with Crippen molar-refractivity contribution in [2.24, 2.45) is 0 Å². The van der Waals surface area contributed by atoms with Crippen molar-refractivity contribution >= 4 is 23.0 Å². The van der Waals surface area contributed by atoms with Crippen LogP contribution in [0.3, 0.4) is 0 Å². The van der Waals surface area contributed by atoms with Crippen LogP contribution in [0.2, 0.25) is 0 Å². The fourth-order valence-corrected chi connectivity index (χ4v) is 2.74. The van der Waals surface area contributed by atoms with Crippen molar-refractivity contribution in [3.05, 3.63) is 59.7 Å². The minimum Gasteiger partial charge on any atom is -0.495 e. The molecule has 0 amide bonds. The summed E-state index contributed by atoms with van der Waals surface area (Å²) >= 11 is 5.48. The van der Waals surface area contributed by atoms with E-state index in [1.54, 1.807) is 7.11 Å². The minimum absolute atomic E-state index is 0.0646. The van der Waals surface area contributed by atoms with Crippen LogP contribution >= 0.6 is 12.2 Å². The molecule has 0 saturated carbocycles. The summed E-state index contributed by atoms with van der Waals surface area (Å²) in [5.41, 5.74) is 3.36. The number of ether oxygens (including phenoxy) is 1. The molecular weight excluding hydrogens is 316 g/mol. The molecule has 0 unspecified atom stereocenters. The molecule has 0 aliphatic heterocycles. The quantitative estimate of drug-likeness (QED) is 0.763. The molecule has 0 bridgehead atoms. The van der Waals surface area contributed by atoms with E-state index >= 15 is 0 Å². The van der Waals surface area contributed by atoms with Gasteiger partial charge in [0.2, 0.25) is 0 Å². The van der Waals surface area contributed by atoms with Gasteiger partial charge >= 0.3 is 0 Å². The highest BCUT2D eigenvalue weighted by atomic mass is 32.1. The molecule has 0 fully saturated rings. The molecule has 0 radical (unpaired) electrons. The van der Waals surface area contributed by atoms with Crippen molar-refractivity contribution in [1.82, 2.24) is 5.32 Å². The Balaban J connectivity index is 2.13. The summed E-state index contributed by atoms with van der Waals surface area (Å²) in [6.07, 6.45) is 0. The van der Waals surface area contributed by atoms with Gasteiger partial charge in [0, 0.05) is 0 Å². The maximum Gasteiger partial charge on any atom is 0.171 e. The van der Waals surface area contributed by atoms with Crippen LogP contribution in [0.15, 0.2) is 48.5 Å². The molecule has 2 rings (SSSR count). The van der Waals surface area contributed by atoms with Gasteiger partial charge in [-0.25, -0.2) is 0 Å². The lowest BCUT2D eigenvalue weighted by atomic mass is 9.87. The van der Waals surface area contributed by atoms with Gasteiger partial charge in [-0.2, -0.15) is 0 Å². The summed E-state index contributed by atoms with van der Waals surface area (Å²) < 4.78 is 5.45. The lowest BCUT2D eigenvalue weighted by molar-refractivity contribution is 0.416. The van der Waals surface area contributed by atoms with E-state index in [-0.39, 0.29) is 11.5 Å². The van der Waals surface area contributed by atoms with Crippen molar-refractivity contribution in [1.29, 1.82) is 0 Å². The summed E-state index contributed by atoms with van der Waals surface area (Å²) in [5.74, 6) is 0.777. The average Bonchev–Trinajstić information content (AvgIpc) is 2.54. The molecule has 2 aromatic rings. The normalized spacial score (nSPS) is 12.4. The Bertz CT molecular complexity index is 693. The molecule has 24 heavy (non-hydrogen) atoms. The SMILES string of the molecule is COc1ccc(C(C)(C)C)cc1NC(=S)N[C@@H](C)c1ccccc1. The first-order chi connectivity index (χ1) is 11.3. The molecule has 3 nitrogen and oxygen atoms in total. The van der Waals surface area contributed by atoms with Gasteiger partial charge in [-0.3, -0.25) is 0 Å². The van der Waals surface area contributed by atoms with Gasteiger partial charge in [0.1, 0.15) is 5.75 Å². The first-order valence-corrected chi connectivity index (χ1v) is 8.53. The van der Waals surface area contributed by atoms with Gasteiger partial charge in [0.15, 0.2) is 5.11 Å². The summed E-state index contributed by atoms with van der Waals surface area (Å²) in [4.78, 5) is 0. The molecular formula is C20H26N2OS. The van der Waals surface area contributed by atoms with Crippen LogP contribution in [-0.2, 0) is 5.41 Å². The zero-order valence-corrected chi connectivity index (χ0v) is 15.8. The average molecular weight is 343 g/mol. The second kappa shape index (κ2) is 7.67. The number of benzene rings is 2. The second-order valence-corrected chi connectivity index (χ2v) is 7.30.